The van der Waals surface area contributed by atoms with Gasteiger partial charge >= 0.3 is 5.97 Å². The van der Waals surface area contributed by atoms with Crippen molar-refractivity contribution in [2.75, 3.05) is 11.1 Å². The molecule has 0 saturated heterocycles. The van der Waals surface area contributed by atoms with Crippen LogP contribution < -0.4 is 5.32 Å². The van der Waals surface area contributed by atoms with Crippen LogP contribution in [-0.4, -0.2) is 26.8 Å². The molecule has 3 rings (SSSR count). The summed E-state index contributed by atoms with van der Waals surface area (Å²) in [5, 5.41) is 13.1. The number of halogens is 2. The lowest BCUT2D eigenvalue weighted by Crippen LogP contribution is -2.02. The molecule has 0 aliphatic heterocycles. The van der Waals surface area contributed by atoms with Crippen LogP contribution in [0.1, 0.15) is 0 Å². The van der Waals surface area contributed by atoms with Gasteiger partial charge in [0.1, 0.15) is 10.8 Å². The maximum absolute atomic E-state index is 13.2. The van der Waals surface area contributed by atoms with E-state index in [1.54, 1.807) is 0 Å². The number of carboxylic acid groups (broad SMARTS) is 1. The van der Waals surface area contributed by atoms with Gasteiger partial charge in [-0.15, -0.1) is 0 Å². The van der Waals surface area contributed by atoms with Crippen LogP contribution in [0.5, 0.6) is 0 Å². The van der Waals surface area contributed by atoms with Crippen molar-refractivity contribution in [3.05, 3.63) is 53.3 Å². The van der Waals surface area contributed by atoms with Gasteiger partial charge in [-0.3, -0.25) is 4.79 Å². The Morgan fingerprint density at radius 2 is 2.04 bits per heavy atom. The first-order chi connectivity index (χ1) is 11.5. The molecule has 0 spiro atoms. The van der Waals surface area contributed by atoms with Crippen LogP contribution >= 0.6 is 23.4 Å². The first-order valence-electron chi connectivity index (χ1n) is 6.86. The van der Waals surface area contributed by atoms with Crippen molar-refractivity contribution >= 4 is 51.9 Å². The van der Waals surface area contributed by atoms with Crippen molar-refractivity contribution < 1.29 is 14.3 Å². The molecule has 2 N–H and O–H groups in total. The highest BCUT2D eigenvalue weighted by molar-refractivity contribution is 8.00. The molecule has 0 aliphatic carbocycles. The van der Waals surface area contributed by atoms with Crippen LogP contribution in [0.3, 0.4) is 0 Å². The minimum Gasteiger partial charge on any atom is -0.481 e. The summed E-state index contributed by atoms with van der Waals surface area (Å²) < 4.78 is 13.2. The second-order valence-electron chi connectivity index (χ2n) is 4.81. The summed E-state index contributed by atoms with van der Waals surface area (Å²) in [6, 6.07) is 11.5. The van der Waals surface area contributed by atoms with E-state index in [4.69, 9.17) is 16.7 Å². The Kier molecular flexibility index (Phi) is 4.82. The Labute approximate surface area is 145 Å². The smallest absolute Gasteiger partial charge is 0.313 e. The monoisotopic (exact) mass is 363 g/mol. The van der Waals surface area contributed by atoms with E-state index < -0.39 is 11.8 Å². The third-order valence-electron chi connectivity index (χ3n) is 3.08. The quantitative estimate of drug-likeness (QED) is 0.518. The van der Waals surface area contributed by atoms with Crippen LogP contribution in [0.25, 0.3) is 10.9 Å². The average molecular weight is 364 g/mol. The summed E-state index contributed by atoms with van der Waals surface area (Å²) in [6.45, 7) is 0. The van der Waals surface area contributed by atoms with E-state index in [9.17, 15) is 9.18 Å². The molecule has 0 saturated carbocycles. The molecule has 0 atom stereocenters. The fourth-order valence-electron chi connectivity index (χ4n) is 2.05. The largest absolute Gasteiger partial charge is 0.481 e. The highest BCUT2D eigenvalue weighted by Gasteiger charge is 2.11. The number of thioether (sulfide) groups is 1. The number of para-hydroxylation sites is 1. The van der Waals surface area contributed by atoms with Crippen molar-refractivity contribution in [1.82, 2.24) is 9.97 Å². The summed E-state index contributed by atoms with van der Waals surface area (Å²) in [6.07, 6.45) is 0. The number of carboxylic acids is 1. The van der Waals surface area contributed by atoms with Crippen molar-refractivity contribution in [1.29, 1.82) is 0 Å². The topological polar surface area (TPSA) is 75.1 Å². The Morgan fingerprint density at radius 1 is 1.25 bits per heavy atom. The molecular weight excluding hydrogens is 353 g/mol. The second-order valence-corrected chi connectivity index (χ2v) is 6.18. The van der Waals surface area contributed by atoms with Gasteiger partial charge < -0.3 is 10.4 Å². The van der Waals surface area contributed by atoms with Crippen LogP contribution in [0.2, 0.25) is 5.02 Å². The third kappa shape index (κ3) is 3.74. The predicted molar refractivity (Wildman–Crippen MR) is 92.6 cm³/mol. The van der Waals surface area contributed by atoms with E-state index in [1.165, 1.54) is 18.2 Å². The van der Waals surface area contributed by atoms with Gasteiger partial charge in [0.2, 0.25) is 5.95 Å². The Hall–Kier alpha value is -2.38. The predicted octanol–water partition coefficient (Wildman–Crippen LogP) is 4.34. The molecule has 0 fully saturated rings. The van der Waals surface area contributed by atoms with Crippen LogP contribution in [0.15, 0.2) is 47.5 Å². The summed E-state index contributed by atoms with van der Waals surface area (Å²) in [5.41, 5.74) is 1.21. The zero-order valence-electron chi connectivity index (χ0n) is 12.2. The van der Waals surface area contributed by atoms with E-state index in [0.29, 0.717) is 16.2 Å². The lowest BCUT2D eigenvalue weighted by Gasteiger charge is -2.09. The van der Waals surface area contributed by atoms with Gasteiger partial charge in [0.15, 0.2) is 0 Å². The number of hydrogen-bond acceptors (Lipinski definition) is 5. The molecular formula is C16H11ClFN3O2S. The SMILES string of the molecule is O=C(O)CSc1nc(Nc2ccc(F)c(Cl)c2)nc2ccccc12. The van der Waals surface area contributed by atoms with Crippen LogP contribution in [0.4, 0.5) is 16.0 Å². The molecule has 1 aromatic heterocycles. The lowest BCUT2D eigenvalue weighted by atomic mass is 10.2. The van der Waals surface area contributed by atoms with Gasteiger partial charge in [0.25, 0.3) is 0 Å². The van der Waals surface area contributed by atoms with Crippen molar-refractivity contribution in [3.8, 4) is 0 Å². The van der Waals surface area contributed by atoms with E-state index in [0.717, 1.165) is 17.1 Å². The van der Waals surface area contributed by atoms with Gasteiger partial charge in [-0.05, 0) is 24.3 Å². The van der Waals surface area contributed by atoms with E-state index in [2.05, 4.69) is 15.3 Å². The van der Waals surface area contributed by atoms with Crippen LogP contribution in [0, 0.1) is 5.82 Å². The molecule has 0 amide bonds. The van der Waals surface area contributed by atoms with Crippen molar-refractivity contribution in [3.63, 3.8) is 0 Å². The lowest BCUT2D eigenvalue weighted by molar-refractivity contribution is -0.133. The zero-order valence-corrected chi connectivity index (χ0v) is 13.7. The first-order valence-corrected chi connectivity index (χ1v) is 8.23. The standard InChI is InChI=1S/C16H11ClFN3O2S/c17-11-7-9(5-6-12(11)18)19-16-20-13-4-2-1-3-10(13)15(21-16)24-8-14(22)23/h1-7H,8H2,(H,22,23)(H,19,20,21). The van der Waals surface area contributed by atoms with Gasteiger partial charge in [-0.2, -0.15) is 0 Å². The van der Waals surface area contributed by atoms with E-state index in [1.807, 2.05) is 24.3 Å². The van der Waals surface area contributed by atoms with E-state index in [-0.39, 0.29) is 16.7 Å². The summed E-state index contributed by atoms with van der Waals surface area (Å²) in [7, 11) is 0. The molecule has 0 bridgehead atoms. The molecule has 2 aromatic carbocycles. The van der Waals surface area contributed by atoms with Crippen molar-refractivity contribution in [2.24, 2.45) is 0 Å². The molecule has 0 aliphatic rings. The van der Waals surface area contributed by atoms with Crippen LogP contribution in [-0.2, 0) is 4.79 Å². The molecule has 122 valence electrons. The Bertz CT molecular complexity index is 923. The summed E-state index contributed by atoms with van der Waals surface area (Å²) in [4.78, 5) is 19.6. The van der Waals surface area contributed by atoms with E-state index >= 15 is 0 Å². The van der Waals surface area contributed by atoms with Gasteiger partial charge in [0, 0.05) is 11.1 Å². The minimum atomic E-state index is -0.928. The average Bonchev–Trinajstić information content (AvgIpc) is 2.56. The molecule has 24 heavy (non-hydrogen) atoms. The molecule has 8 heteroatoms. The van der Waals surface area contributed by atoms with Crippen molar-refractivity contribution in [2.45, 2.75) is 5.03 Å². The molecule has 0 unspecified atom stereocenters. The number of carbonyl (C=O) groups is 1. The molecule has 1 heterocycles. The fourth-order valence-corrected chi connectivity index (χ4v) is 2.97. The minimum absolute atomic E-state index is 0.0127. The molecule has 3 aromatic rings. The van der Waals surface area contributed by atoms with Gasteiger partial charge in [-0.1, -0.05) is 41.6 Å². The zero-order chi connectivity index (χ0) is 17.1. The number of aliphatic carboxylic acids is 1. The number of nitrogens with zero attached hydrogens (tertiary/aromatic N) is 2. The van der Waals surface area contributed by atoms with Gasteiger partial charge in [0.05, 0.1) is 16.3 Å². The van der Waals surface area contributed by atoms with Gasteiger partial charge in [-0.25, -0.2) is 14.4 Å². The number of fused-ring (bicyclic) bond motifs is 1. The Morgan fingerprint density at radius 3 is 2.79 bits per heavy atom. The number of benzene rings is 2. The Balaban J connectivity index is 1.98. The molecule has 0 radical (unpaired) electrons. The highest BCUT2D eigenvalue weighted by atomic mass is 35.5. The number of anilines is 2. The third-order valence-corrected chi connectivity index (χ3v) is 4.34. The number of nitrogens with one attached hydrogen (secondary N) is 1. The number of rotatable bonds is 5. The normalized spacial score (nSPS) is 10.8. The molecule has 5 nitrogen and oxygen atoms in total. The summed E-state index contributed by atoms with van der Waals surface area (Å²) >= 11 is 6.88. The highest BCUT2D eigenvalue weighted by Crippen LogP contribution is 2.28. The maximum Gasteiger partial charge on any atom is 0.313 e. The summed E-state index contributed by atoms with van der Waals surface area (Å²) in [5.74, 6) is -1.27. The fraction of sp³-hybridized carbons (Fsp3) is 0.0625. The second kappa shape index (κ2) is 7.02. The maximum atomic E-state index is 13.2. The number of hydrogen-bond donors (Lipinski definition) is 2. The first kappa shape index (κ1) is 16.5. The number of aromatic nitrogens is 2.